The molecule has 1 rings (SSSR count). The van der Waals surface area contributed by atoms with Gasteiger partial charge in [0.15, 0.2) is 0 Å². The maximum absolute atomic E-state index is 11.7. The average molecular weight is 238 g/mol. The molecular formula is C14H24NO2+. The van der Waals surface area contributed by atoms with Crippen LogP contribution >= 0.6 is 0 Å². The van der Waals surface area contributed by atoms with Gasteiger partial charge in [-0.1, -0.05) is 0 Å². The molecule has 0 atom stereocenters. The normalized spacial score (nSPS) is 17.5. The van der Waals surface area contributed by atoms with Crippen LogP contribution in [0, 0.1) is 18.3 Å². The van der Waals surface area contributed by atoms with Crippen LogP contribution in [0.25, 0.3) is 0 Å². The summed E-state index contributed by atoms with van der Waals surface area (Å²) in [6.45, 7) is 6.34. The minimum atomic E-state index is -0.332. The number of carbonyl (C=O) groups excluding carboxylic acids is 1. The summed E-state index contributed by atoms with van der Waals surface area (Å²) in [6, 6.07) is 0. The van der Waals surface area contributed by atoms with E-state index in [0.29, 0.717) is 18.8 Å². The van der Waals surface area contributed by atoms with Crippen molar-refractivity contribution in [2.45, 2.75) is 51.6 Å². The monoisotopic (exact) mass is 238 g/mol. The van der Waals surface area contributed by atoms with E-state index in [0.717, 1.165) is 32.4 Å². The average Bonchev–Trinajstić information content (AvgIpc) is 2.30. The highest BCUT2D eigenvalue weighted by atomic mass is 16.6. The Bertz CT molecular complexity index is 285. The molecule has 0 aliphatic carbocycles. The van der Waals surface area contributed by atoms with E-state index in [1.165, 1.54) is 0 Å². The third-order valence-corrected chi connectivity index (χ3v) is 3.50. The number of piperidine rings is 1. The Morgan fingerprint density at radius 1 is 1.47 bits per heavy atom. The van der Waals surface area contributed by atoms with Crippen molar-refractivity contribution in [2.75, 3.05) is 13.1 Å². The molecule has 0 bridgehead atoms. The summed E-state index contributed by atoms with van der Waals surface area (Å²) in [5, 5.41) is 2.32. The van der Waals surface area contributed by atoms with E-state index >= 15 is 0 Å². The van der Waals surface area contributed by atoms with Crippen molar-refractivity contribution in [2.24, 2.45) is 5.92 Å². The van der Waals surface area contributed by atoms with Gasteiger partial charge in [-0.15, -0.1) is 12.3 Å². The van der Waals surface area contributed by atoms with Crippen LogP contribution in [-0.4, -0.2) is 24.7 Å². The first-order valence-electron chi connectivity index (χ1n) is 6.53. The number of nitrogens with two attached hydrogens (primary N) is 1. The smallest absolute Gasteiger partial charge is 0.306 e. The molecule has 0 aromatic carbocycles. The Morgan fingerprint density at radius 2 is 2.12 bits per heavy atom. The van der Waals surface area contributed by atoms with Crippen molar-refractivity contribution in [1.29, 1.82) is 0 Å². The molecule has 3 nitrogen and oxygen atoms in total. The van der Waals surface area contributed by atoms with E-state index in [2.05, 4.69) is 11.2 Å². The lowest BCUT2D eigenvalue weighted by Gasteiger charge is -2.35. The zero-order valence-corrected chi connectivity index (χ0v) is 11.0. The van der Waals surface area contributed by atoms with Crippen LogP contribution < -0.4 is 5.32 Å². The number of esters is 1. The Balaban J connectivity index is 2.36. The molecule has 3 heteroatoms. The number of hydrogen-bond donors (Lipinski definition) is 1. The fourth-order valence-electron chi connectivity index (χ4n) is 2.38. The van der Waals surface area contributed by atoms with Gasteiger partial charge in [-0.05, 0) is 20.3 Å². The molecule has 96 valence electrons. The van der Waals surface area contributed by atoms with Gasteiger partial charge >= 0.3 is 5.97 Å². The van der Waals surface area contributed by atoms with Gasteiger partial charge in [-0.2, -0.15) is 0 Å². The predicted octanol–water partition coefficient (Wildman–Crippen LogP) is 1.09. The Morgan fingerprint density at radius 3 is 2.71 bits per heavy atom. The topological polar surface area (TPSA) is 42.9 Å². The Hall–Kier alpha value is -1.01. The molecule has 1 saturated heterocycles. The fraction of sp³-hybridized carbons (Fsp3) is 0.786. The molecule has 1 aliphatic heterocycles. The highest BCUT2D eigenvalue weighted by Crippen LogP contribution is 2.28. The van der Waals surface area contributed by atoms with Crippen molar-refractivity contribution in [3.05, 3.63) is 0 Å². The standard InChI is InChI=1S/C14H23NO2/c1-4-5-6-7-13(16)17-14(2,3)12-8-10-15-11-9-12/h1,12,15H,5-11H2,2-3H3/p+1. The second-order valence-corrected chi connectivity index (χ2v) is 5.28. The van der Waals surface area contributed by atoms with Crippen LogP contribution in [0.5, 0.6) is 0 Å². The lowest BCUT2D eigenvalue weighted by Crippen LogP contribution is -2.86. The molecule has 2 N–H and O–H groups in total. The molecular weight excluding hydrogens is 214 g/mol. The van der Waals surface area contributed by atoms with Crippen molar-refractivity contribution in [3.63, 3.8) is 0 Å². The van der Waals surface area contributed by atoms with Gasteiger partial charge in [-0.3, -0.25) is 4.79 Å². The van der Waals surface area contributed by atoms with Crippen LogP contribution in [0.1, 0.15) is 46.0 Å². The van der Waals surface area contributed by atoms with Crippen LogP contribution in [0.3, 0.4) is 0 Å². The molecule has 1 aliphatic rings. The third-order valence-electron chi connectivity index (χ3n) is 3.50. The van der Waals surface area contributed by atoms with Crippen molar-refractivity contribution < 1.29 is 14.8 Å². The number of hydrogen-bond acceptors (Lipinski definition) is 2. The first-order valence-corrected chi connectivity index (χ1v) is 6.53. The van der Waals surface area contributed by atoms with Gasteiger partial charge in [0, 0.05) is 31.6 Å². The molecule has 0 spiro atoms. The summed E-state index contributed by atoms with van der Waals surface area (Å²) in [4.78, 5) is 11.7. The first kappa shape index (κ1) is 14.1. The molecule has 0 aromatic heterocycles. The Labute approximate surface area is 104 Å². The molecule has 0 aromatic rings. The molecule has 1 heterocycles. The highest BCUT2D eigenvalue weighted by molar-refractivity contribution is 5.69. The van der Waals surface area contributed by atoms with E-state index in [-0.39, 0.29) is 11.6 Å². The van der Waals surface area contributed by atoms with Gasteiger partial charge < -0.3 is 10.1 Å². The SMILES string of the molecule is C#CCCCC(=O)OC(C)(C)C1CC[NH2+]CC1. The lowest BCUT2D eigenvalue weighted by atomic mass is 9.83. The maximum atomic E-state index is 11.7. The number of unbranched alkanes of at least 4 members (excludes halogenated alkanes) is 1. The summed E-state index contributed by atoms with van der Waals surface area (Å²) < 4.78 is 5.60. The third kappa shape index (κ3) is 4.79. The van der Waals surface area contributed by atoms with Crippen LogP contribution in [0.2, 0.25) is 0 Å². The molecule has 17 heavy (non-hydrogen) atoms. The summed E-state index contributed by atoms with van der Waals surface area (Å²) in [6.07, 6.45) is 9.22. The summed E-state index contributed by atoms with van der Waals surface area (Å²) >= 11 is 0. The van der Waals surface area contributed by atoms with Gasteiger partial charge in [0.2, 0.25) is 0 Å². The minimum absolute atomic E-state index is 0.111. The number of carbonyl (C=O) groups is 1. The number of ether oxygens (including phenoxy) is 1. The summed E-state index contributed by atoms with van der Waals surface area (Å²) in [5.41, 5.74) is -0.332. The van der Waals surface area contributed by atoms with Crippen molar-refractivity contribution in [3.8, 4) is 12.3 Å². The van der Waals surface area contributed by atoms with E-state index in [1.807, 2.05) is 13.8 Å². The van der Waals surface area contributed by atoms with Gasteiger partial charge in [0.25, 0.3) is 0 Å². The number of rotatable bonds is 5. The predicted molar refractivity (Wildman–Crippen MR) is 67.2 cm³/mol. The molecule has 0 radical (unpaired) electrons. The largest absolute Gasteiger partial charge is 0.459 e. The molecule has 0 amide bonds. The fourth-order valence-corrected chi connectivity index (χ4v) is 2.38. The second-order valence-electron chi connectivity index (χ2n) is 5.28. The van der Waals surface area contributed by atoms with Crippen molar-refractivity contribution >= 4 is 5.97 Å². The van der Waals surface area contributed by atoms with Crippen molar-refractivity contribution in [1.82, 2.24) is 0 Å². The maximum Gasteiger partial charge on any atom is 0.306 e. The van der Waals surface area contributed by atoms with Crippen LogP contribution in [-0.2, 0) is 9.53 Å². The minimum Gasteiger partial charge on any atom is -0.459 e. The molecule has 0 unspecified atom stereocenters. The molecule has 0 saturated carbocycles. The second kappa shape index (κ2) is 6.66. The van der Waals surface area contributed by atoms with E-state index < -0.39 is 0 Å². The highest BCUT2D eigenvalue weighted by Gasteiger charge is 2.34. The van der Waals surface area contributed by atoms with Gasteiger partial charge in [0.1, 0.15) is 5.60 Å². The van der Waals surface area contributed by atoms with Gasteiger partial charge in [0.05, 0.1) is 13.1 Å². The van der Waals surface area contributed by atoms with E-state index in [1.54, 1.807) is 0 Å². The number of terminal acetylenes is 1. The van der Waals surface area contributed by atoms with E-state index in [9.17, 15) is 4.79 Å². The zero-order valence-electron chi connectivity index (χ0n) is 11.0. The number of quaternary nitrogens is 1. The first-order chi connectivity index (χ1) is 8.06. The quantitative estimate of drug-likeness (QED) is 0.442. The Kier molecular flexibility index (Phi) is 5.50. The summed E-state index contributed by atoms with van der Waals surface area (Å²) in [5.74, 6) is 2.92. The van der Waals surface area contributed by atoms with E-state index in [4.69, 9.17) is 11.2 Å². The van der Waals surface area contributed by atoms with Crippen LogP contribution in [0.4, 0.5) is 0 Å². The zero-order chi connectivity index (χ0) is 12.7. The van der Waals surface area contributed by atoms with Gasteiger partial charge in [-0.25, -0.2) is 0 Å². The summed E-state index contributed by atoms with van der Waals surface area (Å²) in [7, 11) is 0. The lowest BCUT2D eigenvalue weighted by molar-refractivity contribution is -0.665. The van der Waals surface area contributed by atoms with Crippen LogP contribution in [0.15, 0.2) is 0 Å². The molecule has 1 fully saturated rings.